The molecule has 160 valence electrons. The second-order valence-corrected chi connectivity index (χ2v) is 7.73. The fourth-order valence-corrected chi connectivity index (χ4v) is 4.26. The number of fused-ring (bicyclic) bond motifs is 2. The van der Waals surface area contributed by atoms with Crippen LogP contribution in [0.1, 0.15) is 33.4 Å². The van der Waals surface area contributed by atoms with Gasteiger partial charge in [0.25, 0.3) is 0 Å². The Hall–Kier alpha value is -3.39. The summed E-state index contributed by atoms with van der Waals surface area (Å²) in [5, 5.41) is 0. The zero-order chi connectivity index (χ0) is 21.4. The molecule has 1 amide bonds. The predicted octanol–water partition coefficient (Wildman–Crippen LogP) is 2.97. The van der Waals surface area contributed by atoms with Crippen molar-refractivity contribution in [3.8, 4) is 5.75 Å². The molecule has 2 aromatic heterocycles. The lowest BCUT2D eigenvalue weighted by atomic mass is 10.1. The Balaban J connectivity index is 1.46. The van der Waals surface area contributed by atoms with E-state index in [1.54, 1.807) is 22.4 Å². The van der Waals surface area contributed by atoms with Crippen LogP contribution in [0, 0.1) is 6.92 Å². The highest BCUT2D eigenvalue weighted by molar-refractivity contribution is 5.77. The third kappa shape index (κ3) is 3.53. The average Bonchev–Trinajstić information content (AvgIpc) is 3.31. The molecule has 1 aromatic carbocycles. The van der Waals surface area contributed by atoms with Crippen LogP contribution in [0.2, 0.25) is 0 Å². The monoisotopic (exact) mass is 421 g/mol. The Labute approximate surface area is 179 Å². The molecule has 0 saturated carbocycles. The summed E-state index contributed by atoms with van der Waals surface area (Å²) in [7, 11) is 0. The van der Waals surface area contributed by atoms with E-state index in [-0.39, 0.29) is 6.09 Å². The standard InChI is InChI=1S/C23H23N3O5/c1-15-18(14-27)26-8-4-7-19(22(26)24-15)30-21-17-6-3-2-5-16(17)13-20(21)31-23(28)25-9-11-29-12-10-25/h2-8,14,20-21H,9-13H2,1H3. The molecule has 5 rings (SSSR count). The number of hydrogen-bond donors (Lipinski definition) is 0. The fourth-order valence-electron chi connectivity index (χ4n) is 4.26. The first-order valence-electron chi connectivity index (χ1n) is 10.4. The molecular formula is C23H23N3O5. The molecule has 1 fully saturated rings. The molecule has 8 heteroatoms. The summed E-state index contributed by atoms with van der Waals surface area (Å²) in [6.45, 7) is 3.86. The van der Waals surface area contributed by atoms with E-state index in [1.807, 2.05) is 36.4 Å². The molecule has 1 aliphatic heterocycles. The van der Waals surface area contributed by atoms with Crippen molar-refractivity contribution in [2.75, 3.05) is 26.3 Å². The first-order valence-corrected chi connectivity index (χ1v) is 10.4. The molecule has 2 unspecified atom stereocenters. The Morgan fingerprint density at radius 1 is 1.19 bits per heavy atom. The van der Waals surface area contributed by atoms with Crippen molar-refractivity contribution in [1.29, 1.82) is 0 Å². The summed E-state index contributed by atoms with van der Waals surface area (Å²) in [6, 6.07) is 11.6. The van der Waals surface area contributed by atoms with E-state index in [1.165, 1.54) is 0 Å². The number of nitrogens with zero attached hydrogens (tertiary/aromatic N) is 3. The van der Waals surface area contributed by atoms with Gasteiger partial charge in [0.1, 0.15) is 11.8 Å². The quantitative estimate of drug-likeness (QED) is 0.603. The number of hydrogen-bond acceptors (Lipinski definition) is 6. The summed E-state index contributed by atoms with van der Waals surface area (Å²) in [5.74, 6) is 0.535. The van der Waals surface area contributed by atoms with Crippen LogP contribution in [0.3, 0.4) is 0 Å². The van der Waals surface area contributed by atoms with Crippen molar-refractivity contribution >= 4 is 18.0 Å². The van der Waals surface area contributed by atoms with Crippen LogP contribution in [0.15, 0.2) is 42.6 Å². The molecule has 1 aliphatic carbocycles. The zero-order valence-corrected chi connectivity index (χ0v) is 17.2. The van der Waals surface area contributed by atoms with Gasteiger partial charge in [0.15, 0.2) is 23.8 Å². The van der Waals surface area contributed by atoms with E-state index in [0.29, 0.717) is 55.5 Å². The van der Waals surface area contributed by atoms with Crippen molar-refractivity contribution in [3.05, 3.63) is 65.1 Å². The van der Waals surface area contributed by atoms with Crippen molar-refractivity contribution < 1.29 is 23.8 Å². The summed E-state index contributed by atoms with van der Waals surface area (Å²) in [5.41, 5.74) is 3.76. The maximum Gasteiger partial charge on any atom is 0.410 e. The minimum absolute atomic E-state index is 0.354. The zero-order valence-electron chi connectivity index (χ0n) is 17.2. The van der Waals surface area contributed by atoms with Crippen LogP contribution in [0.4, 0.5) is 4.79 Å². The van der Waals surface area contributed by atoms with Gasteiger partial charge in [-0.25, -0.2) is 9.78 Å². The molecule has 3 heterocycles. The van der Waals surface area contributed by atoms with Crippen LogP contribution in [-0.4, -0.2) is 59.1 Å². The highest BCUT2D eigenvalue weighted by Crippen LogP contribution is 2.38. The van der Waals surface area contributed by atoms with Gasteiger partial charge in [-0.15, -0.1) is 0 Å². The number of aldehydes is 1. The van der Waals surface area contributed by atoms with Crippen molar-refractivity contribution in [2.24, 2.45) is 0 Å². The number of carbonyl (C=O) groups excluding carboxylic acids is 2. The molecule has 0 radical (unpaired) electrons. The Bertz CT molecular complexity index is 1140. The SMILES string of the molecule is Cc1nc2c(OC3c4ccccc4CC3OC(=O)N3CCOCC3)cccn2c1C=O. The minimum Gasteiger partial charge on any atom is -0.478 e. The van der Waals surface area contributed by atoms with Gasteiger partial charge in [-0.1, -0.05) is 24.3 Å². The molecule has 31 heavy (non-hydrogen) atoms. The molecule has 3 aromatic rings. The second-order valence-electron chi connectivity index (χ2n) is 7.73. The first kappa shape index (κ1) is 19.6. The molecule has 0 bridgehead atoms. The van der Waals surface area contributed by atoms with Crippen LogP contribution < -0.4 is 4.74 Å². The number of pyridine rings is 1. The van der Waals surface area contributed by atoms with E-state index in [9.17, 15) is 9.59 Å². The molecule has 2 atom stereocenters. The van der Waals surface area contributed by atoms with Gasteiger partial charge < -0.3 is 19.1 Å². The van der Waals surface area contributed by atoms with E-state index in [2.05, 4.69) is 4.98 Å². The van der Waals surface area contributed by atoms with Gasteiger partial charge in [-0.2, -0.15) is 0 Å². The van der Waals surface area contributed by atoms with Gasteiger partial charge in [-0.05, 0) is 30.2 Å². The fraction of sp³-hybridized carbons (Fsp3) is 0.348. The maximum atomic E-state index is 12.7. The number of aromatic nitrogens is 2. The number of amides is 1. The second kappa shape index (κ2) is 8.03. The number of aryl methyl sites for hydroxylation is 1. The summed E-state index contributed by atoms with van der Waals surface area (Å²) >= 11 is 0. The lowest BCUT2D eigenvalue weighted by Crippen LogP contribution is -2.43. The Morgan fingerprint density at radius 2 is 2.00 bits per heavy atom. The maximum absolute atomic E-state index is 12.7. The number of imidazole rings is 1. The predicted molar refractivity (Wildman–Crippen MR) is 111 cm³/mol. The minimum atomic E-state index is -0.468. The Morgan fingerprint density at radius 3 is 2.81 bits per heavy atom. The van der Waals surface area contributed by atoms with Crippen LogP contribution >= 0.6 is 0 Å². The van der Waals surface area contributed by atoms with E-state index < -0.39 is 12.2 Å². The summed E-state index contributed by atoms with van der Waals surface area (Å²) in [4.78, 5) is 30.4. The molecular weight excluding hydrogens is 398 g/mol. The van der Waals surface area contributed by atoms with Gasteiger partial charge in [0.05, 0.1) is 18.9 Å². The molecule has 0 spiro atoms. The van der Waals surface area contributed by atoms with Crippen molar-refractivity contribution in [3.63, 3.8) is 0 Å². The van der Waals surface area contributed by atoms with Crippen LogP contribution in [0.25, 0.3) is 5.65 Å². The smallest absolute Gasteiger partial charge is 0.410 e. The summed E-state index contributed by atoms with van der Waals surface area (Å²) in [6.07, 6.45) is 1.86. The molecule has 0 N–H and O–H groups in total. The lowest BCUT2D eigenvalue weighted by molar-refractivity contribution is -0.0135. The topological polar surface area (TPSA) is 82.4 Å². The number of rotatable bonds is 4. The number of morpholine rings is 1. The van der Waals surface area contributed by atoms with Crippen molar-refractivity contribution in [2.45, 2.75) is 25.6 Å². The number of ether oxygens (including phenoxy) is 3. The van der Waals surface area contributed by atoms with Gasteiger partial charge in [-0.3, -0.25) is 9.20 Å². The lowest BCUT2D eigenvalue weighted by Gasteiger charge is -2.29. The van der Waals surface area contributed by atoms with Gasteiger partial charge in [0, 0.05) is 25.7 Å². The van der Waals surface area contributed by atoms with Gasteiger partial charge >= 0.3 is 6.09 Å². The molecule has 2 aliphatic rings. The third-order valence-corrected chi connectivity index (χ3v) is 5.84. The normalized spacial score (nSPS) is 20.5. The highest BCUT2D eigenvalue weighted by atomic mass is 16.6. The largest absolute Gasteiger partial charge is 0.478 e. The first-order chi connectivity index (χ1) is 15.2. The molecule has 1 saturated heterocycles. The van der Waals surface area contributed by atoms with E-state index in [0.717, 1.165) is 17.4 Å². The van der Waals surface area contributed by atoms with Gasteiger partial charge in [0.2, 0.25) is 0 Å². The number of carbonyl (C=O) groups is 2. The van der Waals surface area contributed by atoms with E-state index >= 15 is 0 Å². The Kier molecular flexibility index (Phi) is 5.07. The number of benzene rings is 1. The molecule has 8 nitrogen and oxygen atoms in total. The van der Waals surface area contributed by atoms with Crippen LogP contribution in [0.5, 0.6) is 5.75 Å². The van der Waals surface area contributed by atoms with E-state index in [4.69, 9.17) is 14.2 Å². The third-order valence-electron chi connectivity index (χ3n) is 5.84. The summed E-state index contributed by atoms with van der Waals surface area (Å²) < 4.78 is 19.4. The van der Waals surface area contributed by atoms with Crippen molar-refractivity contribution in [1.82, 2.24) is 14.3 Å². The van der Waals surface area contributed by atoms with Crippen LogP contribution in [-0.2, 0) is 15.9 Å². The average molecular weight is 421 g/mol. The highest BCUT2D eigenvalue weighted by Gasteiger charge is 2.38.